The molecule has 0 aliphatic carbocycles. The number of nitrogens with one attached hydrogen (secondary N) is 1. The third-order valence-electron chi connectivity index (χ3n) is 2.77. The van der Waals surface area contributed by atoms with Gasteiger partial charge in [-0.25, -0.2) is 4.57 Å². The number of esters is 1. The Morgan fingerprint density at radius 1 is 1.27 bits per heavy atom. The highest BCUT2D eigenvalue weighted by Gasteiger charge is 2.47. The first-order valence-corrected chi connectivity index (χ1v) is 7.70. The van der Waals surface area contributed by atoms with Gasteiger partial charge in [0.2, 0.25) is 5.91 Å². The summed E-state index contributed by atoms with van der Waals surface area (Å²) in [5, 5.41) is 22.1. The van der Waals surface area contributed by atoms with Crippen molar-refractivity contribution in [2.75, 3.05) is 6.61 Å². The van der Waals surface area contributed by atoms with E-state index >= 15 is 0 Å². The van der Waals surface area contributed by atoms with E-state index in [4.69, 9.17) is 19.3 Å². The molecule has 0 aromatic heterocycles. The quantitative estimate of drug-likeness (QED) is 0.268. The molecular weight excluding hydrogens is 325 g/mol. The van der Waals surface area contributed by atoms with Gasteiger partial charge in [-0.2, -0.15) is 0 Å². The fourth-order valence-corrected chi connectivity index (χ4v) is 2.31. The van der Waals surface area contributed by atoms with E-state index in [1.54, 1.807) is 0 Å². The lowest BCUT2D eigenvalue weighted by Gasteiger charge is -2.42. The van der Waals surface area contributed by atoms with Crippen LogP contribution in [0.25, 0.3) is 0 Å². The summed E-state index contributed by atoms with van der Waals surface area (Å²) >= 11 is 0. The molecule has 0 aromatic carbocycles. The molecule has 0 bridgehead atoms. The molecule has 0 aromatic rings. The Morgan fingerprint density at radius 3 is 2.32 bits per heavy atom. The van der Waals surface area contributed by atoms with Gasteiger partial charge in [0.25, 0.3) is 0 Å². The second-order valence-corrected chi connectivity index (χ2v) is 5.88. The number of aliphatic hydroxyl groups is 2. The predicted molar refractivity (Wildman–Crippen MR) is 68.0 cm³/mol. The van der Waals surface area contributed by atoms with Gasteiger partial charge in [-0.1, -0.05) is 0 Å². The molecule has 1 fully saturated rings. The van der Waals surface area contributed by atoms with Crippen LogP contribution < -0.4 is 5.32 Å². The lowest BCUT2D eigenvalue weighted by Crippen LogP contribution is -2.64. The molecule has 128 valence electrons. The number of ether oxygens (including phenoxy) is 2. The van der Waals surface area contributed by atoms with Crippen LogP contribution in [-0.4, -0.2) is 69.1 Å². The van der Waals surface area contributed by atoms with Crippen LogP contribution in [0.1, 0.15) is 13.8 Å². The molecule has 0 unspecified atom stereocenters. The zero-order chi connectivity index (χ0) is 17.1. The SMILES string of the molecule is CC(=O)N[C@H]1[C@@H](O)[C@H](OC(C)=O)[C@@H](COP(=O)(O)O)O[C@@H]1O. The third kappa shape index (κ3) is 5.61. The number of phosphoric acid groups is 1. The Labute approximate surface area is 125 Å². The first kappa shape index (κ1) is 19.0. The molecule has 0 radical (unpaired) electrons. The Hall–Kier alpha value is -1.07. The minimum atomic E-state index is -4.82. The van der Waals surface area contributed by atoms with Crippen LogP contribution in [0.4, 0.5) is 0 Å². The summed E-state index contributed by atoms with van der Waals surface area (Å²) in [5.41, 5.74) is 0. The van der Waals surface area contributed by atoms with Crippen molar-refractivity contribution < 1.29 is 48.2 Å². The molecule has 0 saturated carbocycles. The van der Waals surface area contributed by atoms with Crippen LogP contribution in [0.2, 0.25) is 0 Å². The molecule has 1 heterocycles. The highest BCUT2D eigenvalue weighted by atomic mass is 31.2. The third-order valence-corrected chi connectivity index (χ3v) is 3.26. The van der Waals surface area contributed by atoms with Crippen LogP contribution in [0.5, 0.6) is 0 Å². The van der Waals surface area contributed by atoms with E-state index in [-0.39, 0.29) is 0 Å². The van der Waals surface area contributed by atoms with Crippen LogP contribution in [0, 0.1) is 0 Å². The van der Waals surface area contributed by atoms with Crippen molar-refractivity contribution in [2.24, 2.45) is 0 Å². The minimum absolute atomic E-state index is 0.571. The highest BCUT2D eigenvalue weighted by molar-refractivity contribution is 7.46. The standard InChI is InChI=1S/C10H18NO10P/c1-4(12)11-7-8(14)9(20-5(2)13)6(21-10(7)15)3-19-22(16,17)18/h6-10,14-15H,3H2,1-2H3,(H,11,12)(H2,16,17,18)/t6-,7+,8-,9-,10+/m1/s1. The van der Waals surface area contributed by atoms with Crippen molar-refractivity contribution >= 4 is 19.7 Å². The summed E-state index contributed by atoms with van der Waals surface area (Å²) in [6.07, 6.45) is -5.99. The van der Waals surface area contributed by atoms with Gasteiger partial charge < -0.3 is 34.8 Å². The van der Waals surface area contributed by atoms with Gasteiger partial charge in [0.05, 0.1) is 6.61 Å². The van der Waals surface area contributed by atoms with Gasteiger partial charge in [0.1, 0.15) is 18.2 Å². The van der Waals surface area contributed by atoms with Crippen LogP contribution in [0.3, 0.4) is 0 Å². The van der Waals surface area contributed by atoms with Crippen LogP contribution in [-0.2, 0) is 28.2 Å². The normalized spacial score (nSPS) is 32.4. The molecule has 5 N–H and O–H groups in total. The van der Waals surface area contributed by atoms with Crippen LogP contribution >= 0.6 is 7.82 Å². The van der Waals surface area contributed by atoms with E-state index in [1.165, 1.54) is 0 Å². The minimum Gasteiger partial charge on any atom is -0.457 e. The number of hydrogen-bond acceptors (Lipinski definition) is 8. The van der Waals surface area contributed by atoms with Gasteiger partial charge in [-0.3, -0.25) is 14.1 Å². The van der Waals surface area contributed by atoms with Crippen molar-refractivity contribution in [3.05, 3.63) is 0 Å². The van der Waals surface area contributed by atoms with Gasteiger partial charge in [-0.05, 0) is 0 Å². The Bertz CT molecular complexity index is 465. The molecule has 1 rings (SSSR count). The molecule has 1 saturated heterocycles. The summed E-state index contributed by atoms with van der Waals surface area (Å²) in [7, 11) is -4.82. The lowest BCUT2D eigenvalue weighted by molar-refractivity contribution is -0.258. The maximum atomic E-state index is 11.1. The Balaban J connectivity index is 2.89. The zero-order valence-electron chi connectivity index (χ0n) is 11.8. The van der Waals surface area contributed by atoms with E-state index in [2.05, 4.69) is 9.84 Å². The molecule has 1 aliphatic heterocycles. The lowest BCUT2D eigenvalue weighted by atomic mass is 9.96. The number of phosphoric ester groups is 1. The summed E-state index contributed by atoms with van der Waals surface area (Å²) in [5.74, 6) is -1.37. The summed E-state index contributed by atoms with van der Waals surface area (Å²) in [4.78, 5) is 39.5. The number of hydrogen-bond donors (Lipinski definition) is 5. The Morgan fingerprint density at radius 2 is 1.86 bits per heavy atom. The molecule has 12 heteroatoms. The van der Waals surface area contributed by atoms with Gasteiger partial charge in [0, 0.05) is 13.8 Å². The van der Waals surface area contributed by atoms with Crippen molar-refractivity contribution in [2.45, 2.75) is 44.5 Å². The average Bonchev–Trinajstić information content (AvgIpc) is 2.34. The number of amides is 1. The average molecular weight is 343 g/mol. The molecule has 22 heavy (non-hydrogen) atoms. The van der Waals surface area contributed by atoms with E-state index in [1.807, 2.05) is 0 Å². The topological polar surface area (TPSA) is 172 Å². The maximum absolute atomic E-state index is 11.1. The second-order valence-electron chi connectivity index (χ2n) is 4.64. The highest BCUT2D eigenvalue weighted by Crippen LogP contribution is 2.37. The van der Waals surface area contributed by atoms with Crippen molar-refractivity contribution in [1.82, 2.24) is 5.32 Å². The first-order chi connectivity index (χ1) is 10.0. The summed E-state index contributed by atoms with van der Waals surface area (Å²) in [6.45, 7) is 1.44. The zero-order valence-corrected chi connectivity index (χ0v) is 12.7. The van der Waals surface area contributed by atoms with Crippen molar-refractivity contribution in [3.8, 4) is 0 Å². The van der Waals surface area contributed by atoms with E-state index in [0.29, 0.717) is 0 Å². The van der Waals surface area contributed by atoms with E-state index in [0.717, 1.165) is 13.8 Å². The van der Waals surface area contributed by atoms with E-state index in [9.17, 15) is 24.4 Å². The predicted octanol–water partition coefficient (Wildman–Crippen LogP) is -2.39. The van der Waals surface area contributed by atoms with Crippen molar-refractivity contribution in [1.29, 1.82) is 0 Å². The first-order valence-electron chi connectivity index (χ1n) is 6.17. The number of aliphatic hydroxyl groups excluding tert-OH is 2. The fourth-order valence-electron chi connectivity index (χ4n) is 1.97. The number of rotatable bonds is 5. The van der Waals surface area contributed by atoms with E-state index < -0.39 is 56.9 Å². The fraction of sp³-hybridized carbons (Fsp3) is 0.800. The Kier molecular flexibility index (Phi) is 6.44. The second kappa shape index (κ2) is 7.47. The summed E-state index contributed by atoms with van der Waals surface area (Å²) < 4.78 is 24.8. The molecule has 0 spiro atoms. The van der Waals surface area contributed by atoms with Crippen molar-refractivity contribution in [3.63, 3.8) is 0 Å². The largest absolute Gasteiger partial charge is 0.469 e. The summed E-state index contributed by atoms with van der Waals surface area (Å²) in [6, 6.07) is -1.28. The van der Waals surface area contributed by atoms with Gasteiger partial charge in [0.15, 0.2) is 12.4 Å². The molecule has 5 atom stereocenters. The van der Waals surface area contributed by atoms with Crippen LogP contribution in [0.15, 0.2) is 0 Å². The molecule has 1 aliphatic rings. The number of carbonyl (C=O) groups excluding carboxylic acids is 2. The number of carbonyl (C=O) groups is 2. The van der Waals surface area contributed by atoms with Gasteiger partial charge in [-0.15, -0.1) is 0 Å². The van der Waals surface area contributed by atoms with Gasteiger partial charge >= 0.3 is 13.8 Å². The monoisotopic (exact) mass is 343 g/mol. The maximum Gasteiger partial charge on any atom is 0.469 e. The molecule has 11 nitrogen and oxygen atoms in total. The molecule has 1 amide bonds. The molecular formula is C10H18NO10P. The smallest absolute Gasteiger partial charge is 0.457 e.